The largest absolute Gasteiger partial charge is 0.417 e. The predicted molar refractivity (Wildman–Crippen MR) is 81.9 cm³/mol. The van der Waals surface area contributed by atoms with E-state index in [-0.39, 0.29) is 17.4 Å². The minimum Gasteiger partial charge on any atom is -0.417 e. The molecule has 0 radical (unpaired) electrons. The zero-order valence-corrected chi connectivity index (χ0v) is 14.6. The van der Waals surface area contributed by atoms with Crippen LogP contribution in [0.4, 0.5) is 0 Å². The first-order chi connectivity index (χ1) is 8.72. The summed E-state index contributed by atoms with van der Waals surface area (Å²) >= 11 is 0. The second-order valence-electron chi connectivity index (χ2n) is 7.14. The molecule has 4 heteroatoms. The van der Waals surface area contributed by atoms with E-state index < -0.39 is 8.32 Å². The molecule has 0 aromatic carbocycles. The van der Waals surface area contributed by atoms with Crippen molar-refractivity contribution in [3.05, 3.63) is 0 Å². The molecule has 1 aliphatic heterocycles. The summed E-state index contributed by atoms with van der Waals surface area (Å²) in [6.45, 7) is 15.2. The second-order valence-corrected chi connectivity index (χ2v) is 11.9. The fourth-order valence-electron chi connectivity index (χ4n) is 1.84. The highest BCUT2D eigenvalue weighted by Gasteiger charge is 2.37. The molecular weight excluding hydrogens is 256 g/mol. The highest BCUT2D eigenvalue weighted by molar-refractivity contribution is 6.74. The Hall–Kier alpha value is 0.0969. The van der Waals surface area contributed by atoms with Gasteiger partial charge in [0.05, 0.1) is 6.10 Å². The van der Waals surface area contributed by atoms with Gasteiger partial charge in [0, 0.05) is 13.2 Å². The normalized spacial score (nSPS) is 23.4. The fraction of sp³-hybridized carbons (Fsp3) is 1.00. The van der Waals surface area contributed by atoms with Gasteiger partial charge in [0.2, 0.25) is 0 Å². The van der Waals surface area contributed by atoms with Crippen LogP contribution in [0.1, 0.15) is 53.4 Å². The van der Waals surface area contributed by atoms with E-state index in [0.717, 1.165) is 26.1 Å². The lowest BCUT2D eigenvalue weighted by molar-refractivity contribution is -0.186. The van der Waals surface area contributed by atoms with E-state index in [2.05, 4.69) is 40.8 Å². The first-order valence-corrected chi connectivity index (χ1v) is 10.5. The molecular formula is C15H32O3Si. The van der Waals surface area contributed by atoms with Crippen molar-refractivity contribution in [1.82, 2.24) is 0 Å². The minimum absolute atomic E-state index is 0.0108. The van der Waals surface area contributed by atoms with Crippen molar-refractivity contribution in [2.45, 2.75) is 83.9 Å². The van der Waals surface area contributed by atoms with Gasteiger partial charge in [-0.1, -0.05) is 20.8 Å². The molecule has 0 aromatic rings. The van der Waals surface area contributed by atoms with Crippen molar-refractivity contribution in [2.75, 3.05) is 13.2 Å². The lowest BCUT2D eigenvalue weighted by atomic mass is 10.2. The Morgan fingerprint density at radius 1 is 1.26 bits per heavy atom. The van der Waals surface area contributed by atoms with E-state index in [1.54, 1.807) is 0 Å². The average Bonchev–Trinajstić information content (AvgIpc) is 2.28. The van der Waals surface area contributed by atoms with Crippen LogP contribution in [0.25, 0.3) is 0 Å². The Morgan fingerprint density at radius 2 is 1.95 bits per heavy atom. The van der Waals surface area contributed by atoms with Crippen molar-refractivity contribution in [3.8, 4) is 0 Å². The number of hydrogen-bond donors (Lipinski definition) is 0. The Labute approximate surface area is 120 Å². The Morgan fingerprint density at radius 3 is 2.47 bits per heavy atom. The highest BCUT2D eigenvalue weighted by Crippen LogP contribution is 2.36. The van der Waals surface area contributed by atoms with Gasteiger partial charge in [-0.3, -0.25) is 0 Å². The molecule has 3 nitrogen and oxygen atoms in total. The van der Waals surface area contributed by atoms with Gasteiger partial charge in [0.25, 0.3) is 0 Å². The number of hydrogen-bond acceptors (Lipinski definition) is 3. The van der Waals surface area contributed by atoms with Crippen molar-refractivity contribution in [2.24, 2.45) is 0 Å². The summed E-state index contributed by atoms with van der Waals surface area (Å²) in [5.41, 5.74) is 0. The lowest BCUT2D eigenvalue weighted by Gasteiger charge is -2.36. The van der Waals surface area contributed by atoms with E-state index >= 15 is 0 Å². The van der Waals surface area contributed by atoms with E-state index in [4.69, 9.17) is 13.9 Å². The maximum absolute atomic E-state index is 6.17. The molecule has 1 aliphatic rings. The molecule has 2 atom stereocenters. The Bertz CT molecular complexity index is 255. The summed E-state index contributed by atoms with van der Waals surface area (Å²) in [6.07, 6.45) is 4.60. The van der Waals surface area contributed by atoms with Gasteiger partial charge in [0.15, 0.2) is 14.6 Å². The van der Waals surface area contributed by atoms with Gasteiger partial charge in [-0.2, -0.15) is 0 Å². The van der Waals surface area contributed by atoms with Crippen LogP contribution >= 0.6 is 0 Å². The van der Waals surface area contributed by atoms with Gasteiger partial charge < -0.3 is 13.9 Å². The Kier molecular flexibility index (Phi) is 6.50. The third-order valence-corrected chi connectivity index (χ3v) is 8.85. The number of rotatable bonds is 6. The summed E-state index contributed by atoms with van der Waals surface area (Å²) in [5.74, 6) is 0. The molecule has 0 aliphatic carbocycles. The molecule has 0 N–H and O–H groups in total. The van der Waals surface area contributed by atoms with Crippen molar-refractivity contribution >= 4 is 8.32 Å². The molecule has 1 fully saturated rings. The second kappa shape index (κ2) is 7.20. The van der Waals surface area contributed by atoms with Gasteiger partial charge in [0.1, 0.15) is 0 Å². The summed E-state index contributed by atoms with van der Waals surface area (Å²) in [5, 5.41) is 0.281. The first-order valence-electron chi connectivity index (χ1n) is 7.63. The van der Waals surface area contributed by atoms with Crippen LogP contribution in [0.2, 0.25) is 18.1 Å². The maximum atomic E-state index is 6.17. The van der Waals surface area contributed by atoms with Gasteiger partial charge in [-0.15, -0.1) is 0 Å². The molecule has 0 spiro atoms. The van der Waals surface area contributed by atoms with Crippen LogP contribution in [0.5, 0.6) is 0 Å². The molecule has 1 saturated heterocycles. The van der Waals surface area contributed by atoms with Crippen molar-refractivity contribution in [3.63, 3.8) is 0 Å². The predicted octanol–water partition coefficient (Wildman–Crippen LogP) is 4.33. The monoisotopic (exact) mass is 288 g/mol. The zero-order valence-electron chi connectivity index (χ0n) is 13.6. The van der Waals surface area contributed by atoms with E-state index in [9.17, 15) is 0 Å². The van der Waals surface area contributed by atoms with Crippen LogP contribution in [-0.4, -0.2) is 33.9 Å². The first kappa shape index (κ1) is 17.1. The fourth-order valence-corrected chi connectivity index (χ4v) is 2.90. The standard InChI is InChI=1S/C15H32O3Si/c1-13(18-14-9-7-8-11-16-14)10-12-17-19(5,6)15(2,3)4/h13-14H,7-12H2,1-6H3. The van der Waals surface area contributed by atoms with Crippen LogP contribution in [0.15, 0.2) is 0 Å². The average molecular weight is 289 g/mol. The third-order valence-electron chi connectivity index (χ3n) is 4.32. The summed E-state index contributed by atoms with van der Waals surface area (Å²) in [4.78, 5) is 0. The van der Waals surface area contributed by atoms with Crippen LogP contribution in [0.3, 0.4) is 0 Å². The molecule has 2 unspecified atom stereocenters. The van der Waals surface area contributed by atoms with Crippen molar-refractivity contribution < 1.29 is 13.9 Å². The smallest absolute Gasteiger partial charge is 0.191 e. The summed E-state index contributed by atoms with van der Waals surface area (Å²) < 4.78 is 17.7. The zero-order chi connectivity index (χ0) is 14.5. The number of ether oxygens (including phenoxy) is 2. The van der Waals surface area contributed by atoms with Crippen molar-refractivity contribution in [1.29, 1.82) is 0 Å². The van der Waals surface area contributed by atoms with Crippen LogP contribution < -0.4 is 0 Å². The molecule has 1 rings (SSSR count). The minimum atomic E-state index is -1.61. The molecule has 19 heavy (non-hydrogen) atoms. The third kappa shape index (κ3) is 5.94. The lowest BCUT2D eigenvalue weighted by Crippen LogP contribution is -2.41. The molecule has 0 amide bonds. The summed E-state index contributed by atoms with van der Waals surface area (Å²) in [7, 11) is -1.61. The SMILES string of the molecule is CC(CCO[Si](C)(C)C(C)(C)C)OC1CCCCO1. The molecule has 114 valence electrons. The van der Waals surface area contributed by atoms with Gasteiger partial charge in [-0.05, 0) is 50.7 Å². The van der Waals surface area contributed by atoms with E-state index in [1.165, 1.54) is 12.8 Å². The molecule has 0 saturated carbocycles. The summed E-state index contributed by atoms with van der Waals surface area (Å²) in [6, 6.07) is 0. The molecule has 0 bridgehead atoms. The van der Waals surface area contributed by atoms with Gasteiger partial charge in [-0.25, -0.2) is 0 Å². The highest BCUT2D eigenvalue weighted by atomic mass is 28.4. The van der Waals surface area contributed by atoms with E-state index in [1.807, 2.05) is 0 Å². The quantitative estimate of drug-likeness (QED) is 0.681. The Balaban J connectivity index is 2.21. The molecule has 0 aromatic heterocycles. The van der Waals surface area contributed by atoms with Crippen LogP contribution in [0, 0.1) is 0 Å². The van der Waals surface area contributed by atoms with Crippen LogP contribution in [-0.2, 0) is 13.9 Å². The topological polar surface area (TPSA) is 27.7 Å². The van der Waals surface area contributed by atoms with Gasteiger partial charge >= 0.3 is 0 Å². The van der Waals surface area contributed by atoms with E-state index in [0.29, 0.717) is 0 Å². The molecule has 1 heterocycles. The maximum Gasteiger partial charge on any atom is 0.191 e.